The molecule has 0 aliphatic rings. The molecule has 0 aliphatic carbocycles. The second-order valence-corrected chi connectivity index (χ2v) is 5.97. The minimum absolute atomic E-state index is 0.188. The second kappa shape index (κ2) is 6.28. The van der Waals surface area contributed by atoms with E-state index in [-0.39, 0.29) is 5.91 Å². The standard InChI is InChI=1S/C20H17N3O2/c1-14-4-6-15(7-5-14)13-23-17-8-10-25-19(17)11-18(23)20(24)22-16-3-2-9-21-12-16/h2-12H,13H2,1H3,(H,22,24). The van der Waals surface area contributed by atoms with Gasteiger partial charge in [0.25, 0.3) is 5.91 Å². The molecule has 4 aromatic rings. The lowest BCUT2D eigenvalue weighted by Crippen LogP contribution is -2.17. The number of aryl methyl sites for hydroxylation is 1. The number of aromatic nitrogens is 2. The molecule has 3 heterocycles. The van der Waals surface area contributed by atoms with Crippen molar-refractivity contribution in [1.82, 2.24) is 9.55 Å². The molecule has 0 atom stereocenters. The number of hydrogen-bond donors (Lipinski definition) is 1. The molecule has 0 fully saturated rings. The molecule has 5 heteroatoms. The van der Waals surface area contributed by atoms with E-state index in [0.29, 0.717) is 23.5 Å². The van der Waals surface area contributed by atoms with Gasteiger partial charge in [-0.25, -0.2) is 0 Å². The number of furan rings is 1. The highest BCUT2D eigenvalue weighted by molar-refractivity contribution is 6.05. The zero-order valence-corrected chi connectivity index (χ0v) is 13.8. The molecule has 1 N–H and O–H groups in total. The van der Waals surface area contributed by atoms with Crippen molar-refractivity contribution in [2.45, 2.75) is 13.5 Å². The first-order valence-corrected chi connectivity index (χ1v) is 8.04. The number of carbonyl (C=O) groups excluding carboxylic acids is 1. The Kier molecular flexibility index (Phi) is 3.82. The average molecular weight is 331 g/mol. The molecule has 1 aromatic carbocycles. The van der Waals surface area contributed by atoms with Gasteiger partial charge >= 0.3 is 0 Å². The summed E-state index contributed by atoms with van der Waals surface area (Å²) in [5.74, 6) is -0.188. The number of amides is 1. The van der Waals surface area contributed by atoms with Crippen molar-refractivity contribution < 1.29 is 9.21 Å². The molecule has 0 saturated carbocycles. The van der Waals surface area contributed by atoms with Gasteiger partial charge in [-0.1, -0.05) is 29.8 Å². The first kappa shape index (κ1) is 15.2. The molecule has 25 heavy (non-hydrogen) atoms. The lowest BCUT2D eigenvalue weighted by Gasteiger charge is -2.11. The van der Waals surface area contributed by atoms with Gasteiger partial charge in [-0.3, -0.25) is 9.78 Å². The van der Waals surface area contributed by atoms with Gasteiger partial charge in [0.1, 0.15) is 5.69 Å². The number of carbonyl (C=O) groups is 1. The second-order valence-electron chi connectivity index (χ2n) is 5.97. The summed E-state index contributed by atoms with van der Waals surface area (Å²) in [6.07, 6.45) is 4.93. The van der Waals surface area contributed by atoms with E-state index in [1.54, 1.807) is 30.8 Å². The molecule has 1 amide bonds. The minimum Gasteiger partial charge on any atom is -0.463 e. The van der Waals surface area contributed by atoms with Crippen molar-refractivity contribution in [2.75, 3.05) is 5.32 Å². The zero-order chi connectivity index (χ0) is 17.2. The fourth-order valence-electron chi connectivity index (χ4n) is 2.84. The monoisotopic (exact) mass is 331 g/mol. The molecule has 4 rings (SSSR count). The van der Waals surface area contributed by atoms with Crippen LogP contribution in [-0.4, -0.2) is 15.5 Å². The molecule has 0 unspecified atom stereocenters. The summed E-state index contributed by atoms with van der Waals surface area (Å²) in [4.78, 5) is 16.8. The molecule has 124 valence electrons. The van der Waals surface area contributed by atoms with Gasteiger partial charge < -0.3 is 14.3 Å². The van der Waals surface area contributed by atoms with Gasteiger partial charge in [0, 0.05) is 24.9 Å². The van der Waals surface area contributed by atoms with E-state index in [1.165, 1.54) is 5.56 Å². The normalized spacial score (nSPS) is 10.9. The van der Waals surface area contributed by atoms with Crippen molar-refractivity contribution in [1.29, 1.82) is 0 Å². The highest BCUT2D eigenvalue weighted by Crippen LogP contribution is 2.23. The summed E-state index contributed by atoms with van der Waals surface area (Å²) in [6.45, 7) is 2.65. The number of hydrogen-bond acceptors (Lipinski definition) is 3. The third kappa shape index (κ3) is 3.04. The Balaban J connectivity index is 1.69. The Morgan fingerprint density at radius 3 is 2.80 bits per heavy atom. The summed E-state index contributed by atoms with van der Waals surface area (Å²) >= 11 is 0. The van der Waals surface area contributed by atoms with Gasteiger partial charge in [-0.05, 0) is 24.6 Å². The molecule has 0 saturated heterocycles. The number of pyridine rings is 1. The smallest absolute Gasteiger partial charge is 0.272 e. The Morgan fingerprint density at radius 2 is 2.04 bits per heavy atom. The summed E-state index contributed by atoms with van der Waals surface area (Å²) in [5.41, 5.74) is 5.14. The Hall–Kier alpha value is -3.34. The Labute approximate surface area is 144 Å². The zero-order valence-electron chi connectivity index (χ0n) is 13.8. The summed E-state index contributed by atoms with van der Waals surface area (Å²) in [5, 5.41) is 2.88. The van der Waals surface area contributed by atoms with Crippen molar-refractivity contribution in [3.8, 4) is 0 Å². The van der Waals surface area contributed by atoms with Crippen molar-refractivity contribution >= 4 is 22.7 Å². The molecule has 0 aliphatic heterocycles. The van der Waals surface area contributed by atoms with Crippen LogP contribution in [0.25, 0.3) is 11.1 Å². The maximum atomic E-state index is 12.7. The third-order valence-corrected chi connectivity index (χ3v) is 4.14. The lowest BCUT2D eigenvalue weighted by atomic mass is 10.1. The number of benzene rings is 1. The van der Waals surface area contributed by atoms with Crippen LogP contribution >= 0.6 is 0 Å². The van der Waals surface area contributed by atoms with Crippen LogP contribution in [0.3, 0.4) is 0 Å². The highest BCUT2D eigenvalue weighted by atomic mass is 16.3. The first-order valence-electron chi connectivity index (χ1n) is 8.04. The highest BCUT2D eigenvalue weighted by Gasteiger charge is 2.18. The van der Waals surface area contributed by atoms with E-state index in [0.717, 1.165) is 11.1 Å². The van der Waals surface area contributed by atoms with E-state index >= 15 is 0 Å². The average Bonchev–Trinajstić information content (AvgIpc) is 3.20. The van der Waals surface area contributed by atoms with Crippen LogP contribution in [0.5, 0.6) is 0 Å². The van der Waals surface area contributed by atoms with Crippen LogP contribution in [0.1, 0.15) is 21.6 Å². The van der Waals surface area contributed by atoms with E-state index in [2.05, 4.69) is 41.5 Å². The van der Waals surface area contributed by atoms with Crippen LogP contribution in [0, 0.1) is 6.92 Å². The van der Waals surface area contributed by atoms with Crippen LogP contribution in [0.2, 0.25) is 0 Å². The molecule has 0 spiro atoms. The van der Waals surface area contributed by atoms with E-state index in [4.69, 9.17) is 4.42 Å². The fourth-order valence-corrected chi connectivity index (χ4v) is 2.84. The molecule has 0 bridgehead atoms. The van der Waals surface area contributed by atoms with E-state index < -0.39 is 0 Å². The van der Waals surface area contributed by atoms with Crippen molar-refractivity contribution in [3.05, 3.63) is 84.0 Å². The van der Waals surface area contributed by atoms with Crippen molar-refractivity contribution in [2.24, 2.45) is 0 Å². The summed E-state index contributed by atoms with van der Waals surface area (Å²) in [7, 11) is 0. The molecule has 5 nitrogen and oxygen atoms in total. The van der Waals surface area contributed by atoms with Gasteiger partial charge in [0.15, 0.2) is 5.58 Å². The number of nitrogens with zero attached hydrogens (tertiary/aromatic N) is 2. The predicted octanol–water partition coefficient (Wildman–Crippen LogP) is 4.24. The van der Waals surface area contributed by atoms with Crippen LogP contribution in [-0.2, 0) is 6.54 Å². The van der Waals surface area contributed by atoms with Crippen LogP contribution < -0.4 is 5.32 Å². The van der Waals surface area contributed by atoms with Crippen LogP contribution in [0.4, 0.5) is 5.69 Å². The maximum Gasteiger partial charge on any atom is 0.272 e. The number of rotatable bonds is 4. The topological polar surface area (TPSA) is 60.1 Å². The molecular formula is C20H17N3O2. The molecule has 0 radical (unpaired) electrons. The summed E-state index contributed by atoms with van der Waals surface area (Å²) < 4.78 is 7.45. The lowest BCUT2D eigenvalue weighted by molar-refractivity contribution is 0.101. The van der Waals surface area contributed by atoms with Gasteiger partial charge in [-0.2, -0.15) is 0 Å². The number of fused-ring (bicyclic) bond motifs is 1. The minimum atomic E-state index is -0.188. The predicted molar refractivity (Wildman–Crippen MR) is 96.7 cm³/mol. The summed E-state index contributed by atoms with van der Waals surface area (Å²) in [6, 6.07) is 15.5. The van der Waals surface area contributed by atoms with Gasteiger partial charge in [0.05, 0.1) is 23.7 Å². The van der Waals surface area contributed by atoms with Crippen LogP contribution in [0.15, 0.2) is 71.6 Å². The largest absolute Gasteiger partial charge is 0.463 e. The van der Waals surface area contributed by atoms with E-state index in [1.807, 2.05) is 16.7 Å². The van der Waals surface area contributed by atoms with Crippen molar-refractivity contribution in [3.63, 3.8) is 0 Å². The van der Waals surface area contributed by atoms with Gasteiger partial charge in [0.2, 0.25) is 0 Å². The number of anilines is 1. The Bertz CT molecular complexity index is 1010. The Morgan fingerprint density at radius 1 is 1.20 bits per heavy atom. The SMILES string of the molecule is Cc1ccc(Cn2c(C(=O)Nc3cccnc3)cc3occc32)cc1. The quantitative estimate of drug-likeness (QED) is 0.608. The maximum absolute atomic E-state index is 12.7. The number of nitrogens with one attached hydrogen (secondary N) is 1. The van der Waals surface area contributed by atoms with Gasteiger partial charge in [-0.15, -0.1) is 0 Å². The molecular weight excluding hydrogens is 314 g/mol. The first-order chi connectivity index (χ1) is 12.2. The van der Waals surface area contributed by atoms with E-state index in [9.17, 15) is 4.79 Å². The fraction of sp³-hybridized carbons (Fsp3) is 0.100. The molecule has 3 aromatic heterocycles. The third-order valence-electron chi connectivity index (χ3n) is 4.14.